The molecule has 1 atom stereocenters. The maximum atomic E-state index is 12.2. The van der Waals surface area contributed by atoms with E-state index in [9.17, 15) is 9.90 Å². The van der Waals surface area contributed by atoms with Gasteiger partial charge in [-0.2, -0.15) is 0 Å². The summed E-state index contributed by atoms with van der Waals surface area (Å²) in [5.74, 6) is 0.152. The summed E-state index contributed by atoms with van der Waals surface area (Å²) in [5, 5.41) is 15.4. The fourth-order valence-electron chi connectivity index (χ4n) is 3.57. The normalized spacial score (nSPS) is 20.5. The third-order valence-electron chi connectivity index (χ3n) is 5.19. The molecule has 1 unspecified atom stereocenters. The summed E-state index contributed by atoms with van der Waals surface area (Å²) in [7, 11) is 0. The van der Waals surface area contributed by atoms with Gasteiger partial charge in [0.05, 0.1) is 0 Å². The first-order valence-corrected chi connectivity index (χ1v) is 9.20. The number of piperidine rings is 1. The number of aliphatic hydroxyl groups excluding tert-OH is 1. The molecule has 0 radical (unpaired) electrons. The third-order valence-corrected chi connectivity index (χ3v) is 5.19. The second-order valence-electron chi connectivity index (χ2n) is 7.02. The van der Waals surface area contributed by atoms with E-state index in [1.54, 1.807) is 0 Å². The minimum absolute atomic E-state index is 0.0845. The SMILES string of the molecule is O=C(NCC(CCO)c1ccccc1)NC1CCN(C2CC2)CC1. The Kier molecular flexibility index (Phi) is 6.10. The first kappa shape index (κ1) is 17.2. The van der Waals surface area contributed by atoms with E-state index in [-0.39, 0.29) is 24.6 Å². The van der Waals surface area contributed by atoms with Gasteiger partial charge in [0.1, 0.15) is 0 Å². The molecule has 2 amide bonds. The predicted molar refractivity (Wildman–Crippen MR) is 95.0 cm³/mol. The number of benzene rings is 1. The van der Waals surface area contributed by atoms with Crippen LogP contribution in [0.3, 0.4) is 0 Å². The van der Waals surface area contributed by atoms with Crippen molar-refractivity contribution in [2.24, 2.45) is 0 Å². The molecule has 1 aromatic carbocycles. The van der Waals surface area contributed by atoms with E-state index < -0.39 is 0 Å². The highest BCUT2D eigenvalue weighted by molar-refractivity contribution is 5.74. The summed E-state index contributed by atoms with van der Waals surface area (Å²) >= 11 is 0. The molecule has 5 nitrogen and oxygen atoms in total. The number of nitrogens with zero attached hydrogens (tertiary/aromatic N) is 1. The Morgan fingerprint density at radius 1 is 1.17 bits per heavy atom. The zero-order valence-electron chi connectivity index (χ0n) is 14.3. The predicted octanol–water partition coefficient (Wildman–Crippen LogP) is 2.08. The zero-order valence-corrected chi connectivity index (χ0v) is 14.3. The Balaban J connectivity index is 1.40. The van der Waals surface area contributed by atoms with Gasteiger partial charge < -0.3 is 20.6 Å². The molecule has 1 heterocycles. The molecule has 3 rings (SSSR count). The fourth-order valence-corrected chi connectivity index (χ4v) is 3.57. The average Bonchev–Trinajstić information content (AvgIpc) is 3.45. The van der Waals surface area contributed by atoms with Crippen LogP contribution in [0.5, 0.6) is 0 Å². The summed E-state index contributed by atoms with van der Waals surface area (Å²) in [6.45, 7) is 2.89. The minimum Gasteiger partial charge on any atom is -0.396 e. The maximum Gasteiger partial charge on any atom is 0.315 e. The minimum atomic E-state index is -0.0845. The average molecular weight is 331 g/mol. The monoisotopic (exact) mass is 331 g/mol. The lowest BCUT2D eigenvalue weighted by Crippen LogP contribution is -2.48. The Hall–Kier alpha value is -1.59. The molecule has 1 aliphatic heterocycles. The molecule has 1 saturated carbocycles. The van der Waals surface area contributed by atoms with Crippen LogP contribution in [0.1, 0.15) is 43.6 Å². The van der Waals surface area contributed by atoms with Crippen LogP contribution in [0.15, 0.2) is 30.3 Å². The largest absolute Gasteiger partial charge is 0.396 e. The van der Waals surface area contributed by atoms with Crippen LogP contribution < -0.4 is 10.6 Å². The van der Waals surface area contributed by atoms with E-state index in [0.29, 0.717) is 13.0 Å². The van der Waals surface area contributed by atoms with Gasteiger partial charge in [-0.1, -0.05) is 30.3 Å². The third kappa shape index (κ3) is 4.95. The Morgan fingerprint density at radius 3 is 2.50 bits per heavy atom. The number of aliphatic hydroxyl groups is 1. The van der Waals surface area contributed by atoms with Crippen molar-refractivity contribution in [1.82, 2.24) is 15.5 Å². The van der Waals surface area contributed by atoms with Gasteiger partial charge in [-0.3, -0.25) is 0 Å². The van der Waals surface area contributed by atoms with Crippen LogP contribution in [-0.4, -0.2) is 54.4 Å². The molecule has 132 valence electrons. The number of carbonyl (C=O) groups is 1. The maximum absolute atomic E-state index is 12.2. The Labute approximate surface area is 144 Å². The van der Waals surface area contributed by atoms with E-state index in [1.165, 1.54) is 12.8 Å². The second-order valence-corrected chi connectivity index (χ2v) is 7.02. The van der Waals surface area contributed by atoms with Crippen LogP contribution in [0.4, 0.5) is 4.79 Å². The van der Waals surface area contributed by atoms with E-state index in [2.05, 4.69) is 15.5 Å². The highest BCUT2D eigenvalue weighted by Gasteiger charge is 2.32. The standard InChI is InChI=1S/C19H29N3O2/c23-13-10-16(15-4-2-1-3-5-15)14-20-19(24)21-17-8-11-22(12-9-17)18-6-7-18/h1-5,16-18,23H,6-14H2,(H2,20,21,24). The topological polar surface area (TPSA) is 64.6 Å². The smallest absolute Gasteiger partial charge is 0.315 e. The van der Waals surface area contributed by atoms with Crippen molar-refractivity contribution < 1.29 is 9.90 Å². The molecular formula is C19H29N3O2. The highest BCUT2D eigenvalue weighted by atomic mass is 16.3. The summed E-state index contributed by atoms with van der Waals surface area (Å²) in [5.41, 5.74) is 1.16. The number of carbonyl (C=O) groups excluding carboxylic acids is 1. The number of rotatable bonds is 7. The van der Waals surface area contributed by atoms with Gasteiger partial charge in [0.25, 0.3) is 0 Å². The highest BCUT2D eigenvalue weighted by Crippen LogP contribution is 2.29. The number of amides is 2. The lowest BCUT2D eigenvalue weighted by molar-refractivity contribution is 0.185. The molecule has 0 aromatic heterocycles. The molecule has 0 bridgehead atoms. The van der Waals surface area contributed by atoms with Crippen LogP contribution in [0.25, 0.3) is 0 Å². The van der Waals surface area contributed by atoms with Gasteiger partial charge in [-0.05, 0) is 37.7 Å². The van der Waals surface area contributed by atoms with Gasteiger partial charge >= 0.3 is 6.03 Å². The number of likely N-dealkylation sites (tertiary alicyclic amines) is 1. The number of hydrogen-bond donors (Lipinski definition) is 3. The Bertz CT molecular complexity index is 511. The zero-order chi connectivity index (χ0) is 16.8. The molecule has 24 heavy (non-hydrogen) atoms. The van der Waals surface area contributed by atoms with Gasteiger partial charge in [0.2, 0.25) is 0 Å². The summed E-state index contributed by atoms with van der Waals surface area (Å²) in [6.07, 6.45) is 5.45. The number of urea groups is 1. The van der Waals surface area contributed by atoms with Crippen LogP contribution in [0, 0.1) is 0 Å². The molecule has 5 heteroatoms. The molecule has 2 aliphatic rings. The Morgan fingerprint density at radius 2 is 1.88 bits per heavy atom. The number of nitrogens with one attached hydrogen (secondary N) is 2. The van der Waals surface area contributed by atoms with Gasteiger partial charge in [0.15, 0.2) is 0 Å². The molecule has 1 saturated heterocycles. The fraction of sp³-hybridized carbons (Fsp3) is 0.632. The van der Waals surface area contributed by atoms with Crippen molar-refractivity contribution in [3.63, 3.8) is 0 Å². The van der Waals surface area contributed by atoms with Crippen molar-refractivity contribution in [3.8, 4) is 0 Å². The lowest BCUT2D eigenvalue weighted by atomic mass is 9.96. The van der Waals surface area contributed by atoms with E-state index in [4.69, 9.17) is 0 Å². The van der Waals surface area contributed by atoms with Crippen molar-refractivity contribution >= 4 is 6.03 Å². The van der Waals surface area contributed by atoms with E-state index in [1.807, 2.05) is 30.3 Å². The van der Waals surface area contributed by atoms with Crippen LogP contribution in [0.2, 0.25) is 0 Å². The molecule has 1 aliphatic carbocycles. The van der Waals surface area contributed by atoms with Crippen LogP contribution in [-0.2, 0) is 0 Å². The van der Waals surface area contributed by atoms with Crippen molar-refractivity contribution in [2.75, 3.05) is 26.2 Å². The van der Waals surface area contributed by atoms with Gasteiger partial charge in [-0.25, -0.2) is 4.79 Å². The number of hydrogen-bond acceptors (Lipinski definition) is 3. The molecule has 0 spiro atoms. The quantitative estimate of drug-likeness (QED) is 0.717. The van der Waals surface area contributed by atoms with Crippen molar-refractivity contribution in [2.45, 2.75) is 50.1 Å². The van der Waals surface area contributed by atoms with Crippen LogP contribution >= 0.6 is 0 Å². The first-order chi connectivity index (χ1) is 11.8. The molecule has 2 fully saturated rings. The summed E-state index contributed by atoms with van der Waals surface area (Å²) in [6, 6.07) is 11.1. The van der Waals surface area contributed by atoms with E-state index >= 15 is 0 Å². The lowest BCUT2D eigenvalue weighted by Gasteiger charge is -2.32. The second kappa shape index (κ2) is 8.49. The molecule has 1 aromatic rings. The summed E-state index contributed by atoms with van der Waals surface area (Å²) < 4.78 is 0. The van der Waals surface area contributed by atoms with Crippen molar-refractivity contribution in [3.05, 3.63) is 35.9 Å². The van der Waals surface area contributed by atoms with E-state index in [0.717, 1.165) is 37.5 Å². The van der Waals surface area contributed by atoms with Crippen molar-refractivity contribution in [1.29, 1.82) is 0 Å². The molecular weight excluding hydrogens is 302 g/mol. The van der Waals surface area contributed by atoms with Gasteiger partial charge in [-0.15, -0.1) is 0 Å². The first-order valence-electron chi connectivity index (χ1n) is 9.20. The summed E-state index contributed by atoms with van der Waals surface area (Å²) in [4.78, 5) is 14.7. The van der Waals surface area contributed by atoms with Gasteiger partial charge in [0, 0.05) is 44.2 Å². The molecule has 3 N–H and O–H groups in total.